The molecule has 1 aromatic rings. The van der Waals surface area contributed by atoms with Crippen LogP contribution in [0.25, 0.3) is 0 Å². The van der Waals surface area contributed by atoms with Crippen molar-refractivity contribution in [2.75, 3.05) is 18.1 Å². The van der Waals surface area contributed by atoms with Crippen molar-refractivity contribution in [1.82, 2.24) is 4.90 Å². The zero-order valence-electron chi connectivity index (χ0n) is 10.1. The van der Waals surface area contributed by atoms with Crippen LogP contribution >= 0.6 is 79.5 Å². The van der Waals surface area contributed by atoms with Crippen LogP contribution in [0.1, 0.15) is 10.4 Å². The molecule has 0 aliphatic carbocycles. The van der Waals surface area contributed by atoms with E-state index in [0.717, 1.165) is 16.5 Å². The van der Waals surface area contributed by atoms with E-state index in [-0.39, 0.29) is 5.91 Å². The van der Waals surface area contributed by atoms with Gasteiger partial charge >= 0.3 is 5.97 Å². The Labute approximate surface area is 161 Å². The Balaban J connectivity index is 2.37. The van der Waals surface area contributed by atoms with Crippen molar-refractivity contribution in [3.8, 4) is 0 Å². The summed E-state index contributed by atoms with van der Waals surface area (Å²) in [5.41, 5.74) is 0.597. The molecule has 1 heterocycles. The van der Waals surface area contributed by atoms with Gasteiger partial charge in [-0.1, -0.05) is 0 Å². The van der Waals surface area contributed by atoms with Crippen molar-refractivity contribution in [2.45, 2.75) is 6.04 Å². The number of hydrogen-bond donors (Lipinski definition) is 1. The molecule has 1 aliphatic heterocycles. The number of aliphatic carboxylic acids is 1. The number of carboxylic acids is 1. The third-order valence-electron chi connectivity index (χ3n) is 2.90. The Kier molecular flexibility index (Phi) is 6.23. The van der Waals surface area contributed by atoms with Gasteiger partial charge in [-0.2, -0.15) is 11.8 Å². The summed E-state index contributed by atoms with van der Waals surface area (Å²) in [5.74, 6) is 0.130. The Morgan fingerprint density at radius 1 is 1.30 bits per heavy atom. The number of rotatable bonds is 2. The second kappa shape index (κ2) is 7.31. The number of thioether (sulfide) groups is 1. The predicted octanol–water partition coefficient (Wildman–Crippen LogP) is 3.14. The fourth-order valence-corrected chi connectivity index (χ4v) is 5.34. The lowest BCUT2D eigenvalue weighted by Gasteiger charge is -2.33. The number of carbonyl (C=O) groups is 2. The zero-order valence-corrected chi connectivity index (χ0v) is 17.4. The number of benzene rings is 1. The minimum atomic E-state index is -0.930. The van der Waals surface area contributed by atoms with Crippen LogP contribution in [0.3, 0.4) is 0 Å². The Morgan fingerprint density at radius 2 is 2.00 bits per heavy atom. The van der Waals surface area contributed by atoms with Gasteiger partial charge in [0, 0.05) is 28.8 Å². The maximum Gasteiger partial charge on any atom is 0.327 e. The summed E-state index contributed by atoms with van der Waals surface area (Å²) in [6.45, 7) is 0.485. The highest BCUT2D eigenvalue weighted by atomic mass is 127. The highest BCUT2D eigenvalue weighted by Gasteiger charge is 2.33. The summed E-state index contributed by atoms with van der Waals surface area (Å²) in [4.78, 5) is 25.5. The smallest absolute Gasteiger partial charge is 0.327 e. The third kappa shape index (κ3) is 3.72. The first kappa shape index (κ1) is 17.1. The van der Waals surface area contributed by atoms with Crippen molar-refractivity contribution >= 4 is 91.4 Å². The van der Waals surface area contributed by atoms with E-state index >= 15 is 0 Å². The van der Waals surface area contributed by atoms with Gasteiger partial charge in [-0.05, 0) is 79.9 Å². The lowest BCUT2D eigenvalue weighted by atomic mass is 10.1. The molecule has 0 bridgehead atoms. The molecular weight excluding hydrogens is 619 g/mol. The summed E-state index contributed by atoms with van der Waals surface area (Å²) < 4.78 is 2.88. The number of amides is 1. The van der Waals surface area contributed by atoms with Gasteiger partial charge in [0.15, 0.2) is 0 Å². The van der Waals surface area contributed by atoms with Crippen LogP contribution in [-0.2, 0) is 4.79 Å². The molecule has 1 aliphatic rings. The molecule has 1 amide bonds. The van der Waals surface area contributed by atoms with Gasteiger partial charge < -0.3 is 10.0 Å². The van der Waals surface area contributed by atoms with Crippen molar-refractivity contribution in [2.24, 2.45) is 0 Å². The Bertz CT molecular complexity index is 567. The number of nitrogens with zero attached hydrogens (tertiary/aromatic N) is 1. The number of carboxylic acid groups (broad SMARTS) is 1. The first-order valence-corrected chi connectivity index (χ1v) is 10.1. The Hall–Kier alpha value is 0.700. The van der Waals surface area contributed by atoms with E-state index in [0.29, 0.717) is 17.9 Å². The van der Waals surface area contributed by atoms with Gasteiger partial charge in [-0.15, -0.1) is 0 Å². The summed E-state index contributed by atoms with van der Waals surface area (Å²) in [7, 11) is 0. The molecule has 4 nitrogen and oxygen atoms in total. The van der Waals surface area contributed by atoms with Gasteiger partial charge in [0.25, 0.3) is 5.91 Å². The number of hydrogen-bond acceptors (Lipinski definition) is 3. The molecule has 0 spiro atoms. The first-order valence-electron chi connectivity index (χ1n) is 5.68. The van der Waals surface area contributed by atoms with Crippen LogP contribution in [0, 0.1) is 10.7 Å². The minimum Gasteiger partial charge on any atom is -0.480 e. The van der Waals surface area contributed by atoms with E-state index < -0.39 is 12.0 Å². The summed E-state index contributed by atoms with van der Waals surface area (Å²) in [6, 6.07) is 3.10. The normalized spacial score (nSPS) is 18.9. The van der Waals surface area contributed by atoms with Gasteiger partial charge in [0.1, 0.15) is 6.04 Å². The molecule has 0 radical (unpaired) electrons. The van der Waals surface area contributed by atoms with Crippen molar-refractivity contribution in [1.29, 1.82) is 0 Å². The summed E-state index contributed by atoms with van der Waals surface area (Å²) >= 11 is 8.09. The topological polar surface area (TPSA) is 57.6 Å². The third-order valence-corrected chi connectivity index (χ3v) is 7.59. The highest BCUT2D eigenvalue weighted by Crippen LogP contribution is 2.26. The minimum absolute atomic E-state index is 0.182. The molecule has 1 unspecified atom stereocenters. The van der Waals surface area contributed by atoms with Gasteiger partial charge in [-0.25, -0.2) is 4.79 Å². The van der Waals surface area contributed by atoms with Crippen LogP contribution in [-0.4, -0.2) is 46.0 Å². The fraction of sp³-hybridized carbons (Fsp3) is 0.333. The maximum atomic E-state index is 12.7. The van der Waals surface area contributed by atoms with Crippen LogP contribution in [0.4, 0.5) is 0 Å². The monoisotopic (exact) mass is 629 g/mol. The van der Waals surface area contributed by atoms with Crippen LogP contribution < -0.4 is 0 Å². The lowest BCUT2D eigenvalue weighted by molar-refractivity contribution is -0.141. The molecule has 108 valence electrons. The molecule has 1 saturated heterocycles. The van der Waals surface area contributed by atoms with E-state index in [1.54, 1.807) is 11.8 Å². The predicted molar refractivity (Wildman–Crippen MR) is 104 cm³/mol. The SMILES string of the molecule is O=C(O)C1CSCCN1C(=O)c1cc(I)cc(I)c1I. The maximum absolute atomic E-state index is 12.7. The van der Waals surface area contributed by atoms with Crippen LogP contribution in [0.2, 0.25) is 0 Å². The lowest BCUT2D eigenvalue weighted by Crippen LogP contribution is -2.50. The zero-order chi connectivity index (χ0) is 14.9. The van der Waals surface area contributed by atoms with E-state index in [9.17, 15) is 14.7 Å². The molecule has 1 atom stereocenters. The van der Waals surface area contributed by atoms with Gasteiger partial charge in [0.05, 0.1) is 5.56 Å². The number of halogens is 3. The van der Waals surface area contributed by atoms with E-state index in [4.69, 9.17) is 0 Å². The molecule has 1 N–H and O–H groups in total. The fourth-order valence-electron chi connectivity index (χ4n) is 1.92. The molecule has 0 aromatic heterocycles. The van der Waals surface area contributed by atoms with Crippen molar-refractivity contribution in [3.63, 3.8) is 0 Å². The van der Waals surface area contributed by atoms with E-state index in [1.165, 1.54) is 4.90 Å². The molecule has 1 aromatic carbocycles. The largest absolute Gasteiger partial charge is 0.480 e. The quantitative estimate of drug-likeness (QED) is 0.404. The average Bonchev–Trinajstić information content (AvgIpc) is 2.42. The standard InChI is InChI=1S/C12H10I3NO3S/c13-6-3-7(10(15)8(14)4-6)11(17)16-1-2-20-5-9(16)12(18)19/h3-4,9H,1-2,5H2,(H,18,19). The second-order valence-electron chi connectivity index (χ2n) is 4.18. The molecule has 20 heavy (non-hydrogen) atoms. The van der Waals surface area contributed by atoms with Crippen molar-refractivity contribution in [3.05, 3.63) is 28.4 Å². The summed E-state index contributed by atoms with van der Waals surface area (Å²) in [6.07, 6.45) is 0. The summed E-state index contributed by atoms with van der Waals surface area (Å²) in [5, 5.41) is 9.27. The second-order valence-corrected chi connectivity index (χ2v) is 8.81. The van der Waals surface area contributed by atoms with Crippen molar-refractivity contribution < 1.29 is 14.7 Å². The van der Waals surface area contributed by atoms with Crippen LogP contribution in [0.15, 0.2) is 12.1 Å². The van der Waals surface area contributed by atoms with Gasteiger partial charge in [0.2, 0.25) is 0 Å². The van der Waals surface area contributed by atoms with Gasteiger partial charge in [-0.3, -0.25) is 4.79 Å². The highest BCUT2D eigenvalue weighted by molar-refractivity contribution is 14.1. The molecule has 2 rings (SSSR count). The van der Waals surface area contributed by atoms with Crippen LogP contribution in [0.5, 0.6) is 0 Å². The first-order chi connectivity index (χ1) is 9.41. The molecular formula is C12H10I3NO3S. The molecule has 8 heteroatoms. The molecule has 1 fully saturated rings. The number of carbonyl (C=O) groups excluding carboxylic acids is 1. The average molecular weight is 629 g/mol. The van der Waals surface area contributed by atoms with E-state index in [2.05, 4.69) is 67.8 Å². The van der Waals surface area contributed by atoms with E-state index in [1.807, 2.05) is 12.1 Å². The molecule has 0 saturated carbocycles. The Morgan fingerprint density at radius 3 is 2.65 bits per heavy atom.